The molecule has 0 spiro atoms. The van der Waals surface area contributed by atoms with E-state index in [0.717, 1.165) is 23.8 Å². The van der Waals surface area contributed by atoms with Gasteiger partial charge in [0.15, 0.2) is 0 Å². The van der Waals surface area contributed by atoms with E-state index in [-0.39, 0.29) is 0 Å². The highest BCUT2D eigenvalue weighted by molar-refractivity contribution is 5.00. The summed E-state index contributed by atoms with van der Waals surface area (Å²) in [6.45, 7) is 20.4. The van der Waals surface area contributed by atoms with E-state index in [2.05, 4.69) is 60.3 Å². The molecule has 0 aromatic carbocycles. The van der Waals surface area contributed by atoms with Crippen molar-refractivity contribution in [3.8, 4) is 0 Å². The van der Waals surface area contributed by atoms with Gasteiger partial charge in [0.2, 0.25) is 0 Å². The van der Waals surface area contributed by atoms with Crippen LogP contribution >= 0.6 is 0 Å². The van der Waals surface area contributed by atoms with Crippen LogP contribution in [0, 0.1) is 23.2 Å². The molecule has 0 bridgehead atoms. The van der Waals surface area contributed by atoms with Gasteiger partial charge in [0.05, 0.1) is 0 Å². The highest BCUT2D eigenvalue weighted by Crippen LogP contribution is 2.43. The molecule has 0 amide bonds. The Labute approximate surface area is 109 Å². The molecule has 1 saturated heterocycles. The van der Waals surface area contributed by atoms with Gasteiger partial charge in [0, 0.05) is 18.6 Å². The van der Waals surface area contributed by atoms with Gasteiger partial charge in [-0.2, -0.15) is 0 Å². The second-order valence-corrected chi connectivity index (χ2v) is 7.59. The first-order valence-electron chi connectivity index (χ1n) is 7.42. The maximum absolute atomic E-state index is 2.68. The molecule has 1 heterocycles. The normalized spacial score (nSPS) is 28.2. The smallest absolute Gasteiger partial charge is 0.0164 e. The van der Waals surface area contributed by atoms with Crippen molar-refractivity contribution in [3.05, 3.63) is 0 Å². The highest BCUT2D eigenvalue weighted by atomic mass is 15.3. The van der Waals surface area contributed by atoms with Crippen molar-refractivity contribution in [2.24, 2.45) is 23.2 Å². The van der Waals surface area contributed by atoms with Crippen molar-refractivity contribution < 1.29 is 0 Å². The van der Waals surface area contributed by atoms with Crippen molar-refractivity contribution >= 4 is 0 Å². The Balaban J connectivity index is 2.59. The van der Waals surface area contributed by atoms with E-state index in [1.54, 1.807) is 0 Å². The Kier molecular flexibility index (Phi) is 4.68. The first-order valence-corrected chi connectivity index (χ1v) is 7.42. The van der Waals surface area contributed by atoms with Gasteiger partial charge in [-0.3, -0.25) is 4.90 Å². The zero-order valence-electron chi connectivity index (χ0n) is 13.2. The van der Waals surface area contributed by atoms with Gasteiger partial charge in [-0.25, -0.2) is 0 Å². The lowest BCUT2D eigenvalue weighted by Crippen LogP contribution is -2.64. The fourth-order valence-electron chi connectivity index (χ4n) is 3.24. The van der Waals surface area contributed by atoms with Crippen molar-refractivity contribution in [3.63, 3.8) is 0 Å². The number of hydrogen-bond donors (Lipinski definition) is 0. The van der Waals surface area contributed by atoms with Crippen LogP contribution in [0.15, 0.2) is 0 Å². The SMILES string of the molecule is CC(C)C(C)C(C)CC1N(C(C)C)CC1(C)C. The molecular weight excluding hydrogens is 206 g/mol. The molecule has 1 fully saturated rings. The van der Waals surface area contributed by atoms with Gasteiger partial charge in [0.1, 0.15) is 0 Å². The molecule has 1 aliphatic heterocycles. The third-order valence-electron chi connectivity index (χ3n) is 5.10. The van der Waals surface area contributed by atoms with Crippen LogP contribution in [0.2, 0.25) is 0 Å². The summed E-state index contributed by atoms with van der Waals surface area (Å²) in [6, 6.07) is 1.49. The summed E-state index contributed by atoms with van der Waals surface area (Å²) in [7, 11) is 0. The van der Waals surface area contributed by atoms with E-state index in [9.17, 15) is 0 Å². The van der Waals surface area contributed by atoms with Gasteiger partial charge in [0.25, 0.3) is 0 Å². The van der Waals surface area contributed by atoms with Gasteiger partial charge in [-0.15, -0.1) is 0 Å². The van der Waals surface area contributed by atoms with Gasteiger partial charge >= 0.3 is 0 Å². The summed E-state index contributed by atoms with van der Waals surface area (Å²) < 4.78 is 0. The second kappa shape index (κ2) is 5.30. The van der Waals surface area contributed by atoms with Crippen LogP contribution in [0.4, 0.5) is 0 Å². The van der Waals surface area contributed by atoms with Crippen molar-refractivity contribution in [1.82, 2.24) is 4.90 Å². The topological polar surface area (TPSA) is 3.24 Å². The Morgan fingerprint density at radius 1 is 1.06 bits per heavy atom. The van der Waals surface area contributed by atoms with Gasteiger partial charge in [-0.05, 0) is 43.4 Å². The summed E-state index contributed by atoms with van der Waals surface area (Å²) in [4.78, 5) is 2.68. The highest BCUT2D eigenvalue weighted by Gasteiger charge is 2.46. The van der Waals surface area contributed by atoms with Crippen LogP contribution in [-0.4, -0.2) is 23.5 Å². The molecule has 17 heavy (non-hydrogen) atoms. The first-order chi connectivity index (χ1) is 7.66. The number of likely N-dealkylation sites (tertiary alicyclic amines) is 1. The molecular formula is C16H33N. The molecule has 3 atom stereocenters. The van der Waals surface area contributed by atoms with E-state index in [1.807, 2.05) is 0 Å². The molecule has 1 aliphatic rings. The average molecular weight is 239 g/mol. The fraction of sp³-hybridized carbons (Fsp3) is 1.00. The molecule has 1 rings (SSSR count). The Morgan fingerprint density at radius 2 is 1.59 bits per heavy atom. The van der Waals surface area contributed by atoms with Crippen molar-refractivity contribution in [2.75, 3.05) is 6.54 Å². The van der Waals surface area contributed by atoms with Gasteiger partial charge < -0.3 is 0 Å². The number of rotatable bonds is 5. The second-order valence-electron chi connectivity index (χ2n) is 7.59. The molecule has 0 saturated carbocycles. The molecule has 0 aliphatic carbocycles. The van der Waals surface area contributed by atoms with Crippen molar-refractivity contribution in [1.29, 1.82) is 0 Å². The Hall–Kier alpha value is -0.0400. The standard InChI is InChI=1S/C16H33N/c1-11(2)14(6)13(5)9-15-16(7,8)10-17(15)12(3)4/h11-15H,9-10H2,1-8H3. The van der Waals surface area contributed by atoms with E-state index in [0.29, 0.717) is 11.5 Å². The summed E-state index contributed by atoms with van der Waals surface area (Å²) in [5.41, 5.74) is 0.523. The number of hydrogen-bond acceptors (Lipinski definition) is 1. The van der Waals surface area contributed by atoms with Crippen LogP contribution in [0.1, 0.15) is 61.8 Å². The van der Waals surface area contributed by atoms with Crippen LogP contribution in [0.5, 0.6) is 0 Å². The summed E-state index contributed by atoms with van der Waals surface area (Å²) >= 11 is 0. The monoisotopic (exact) mass is 239 g/mol. The van der Waals surface area contributed by atoms with E-state index >= 15 is 0 Å². The lowest BCUT2D eigenvalue weighted by Gasteiger charge is -2.57. The maximum atomic E-state index is 2.68. The minimum atomic E-state index is 0.523. The molecule has 1 nitrogen and oxygen atoms in total. The van der Waals surface area contributed by atoms with Crippen LogP contribution in [-0.2, 0) is 0 Å². The van der Waals surface area contributed by atoms with E-state index in [1.165, 1.54) is 13.0 Å². The molecule has 0 N–H and O–H groups in total. The van der Waals surface area contributed by atoms with Crippen LogP contribution < -0.4 is 0 Å². The zero-order valence-corrected chi connectivity index (χ0v) is 13.2. The predicted octanol–water partition coefficient (Wildman–Crippen LogP) is 4.42. The zero-order chi connectivity index (χ0) is 13.4. The maximum Gasteiger partial charge on any atom is 0.0164 e. The Morgan fingerprint density at radius 3 is 1.94 bits per heavy atom. The lowest BCUT2D eigenvalue weighted by atomic mass is 9.68. The third-order valence-corrected chi connectivity index (χ3v) is 5.10. The van der Waals surface area contributed by atoms with Crippen LogP contribution in [0.25, 0.3) is 0 Å². The first kappa shape index (κ1) is 15.0. The summed E-state index contributed by atoms with van der Waals surface area (Å²) in [6.07, 6.45) is 1.37. The van der Waals surface area contributed by atoms with E-state index in [4.69, 9.17) is 0 Å². The Bertz CT molecular complexity index is 242. The quantitative estimate of drug-likeness (QED) is 0.686. The predicted molar refractivity (Wildman–Crippen MR) is 77.2 cm³/mol. The van der Waals surface area contributed by atoms with Gasteiger partial charge in [-0.1, -0.05) is 41.5 Å². The lowest BCUT2D eigenvalue weighted by molar-refractivity contribution is -0.0843. The fourth-order valence-corrected chi connectivity index (χ4v) is 3.24. The molecule has 0 radical (unpaired) electrons. The molecule has 0 aromatic rings. The number of nitrogens with zero attached hydrogens (tertiary/aromatic N) is 1. The summed E-state index contributed by atoms with van der Waals surface area (Å²) in [5, 5.41) is 0. The summed E-state index contributed by atoms with van der Waals surface area (Å²) in [5.74, 6) is 2.47. The largest absolute Gasteiger partial charge is 0.297 e. The average Bonchev–Trinajstić information content (AvgIpc) is 2.21. The molecule has 3 unspecified atom stereocenters. The van der Waals surface area contributed by atoms with E-state index < -0.39 is 0 Å². The minimum Gasteiger partial charge on any atom is -0.297 e. The molecule has 1 heteroatoms. The third kappa shape index (κ3) is 3.24. The molecule has 102 valence electrons. The van der Waals surface area contributed by atoms with Crippen molar-refractivity contribution in [2.45, 2.75) is 73.9 Å². The van der Waals surface area contributed by atoms with Crippen LogP contribution in [0.3, 0.4) is 0 Å². The minimum absolute atomic E-state index is 0.523. The molecule has 0 aromatic heterocycles.